The molecule has 5 heteroatoms. The van der Waals surface area contributed by atoms with Gasteiger partial charge in [0.1, 0.15) is 0 Å². The van der Waals surface area contributed by atoms with Crippen molar-refractivity contribution in [1.82, 2.24) is 15.1 Å². The lowest BCUT2D eigenvalue weighted by atomic mass is 10.2. The van der Waals surface area contributed by atoms with E-state index in [1.165, 1.54) is 0 Å². The zero-order valence-electron chi connectivity index (χ0n) is 8.56. The van der Waals surface area contributed by atoms with Crippen molar-refractivity contribution in [3.8, 4) is 0 Å². The Morgan fingerprint density at radius 2 is 2.20 bits per heavy atom. The first-order valence-electron chi connectivity index (χ1n) is 5.34. The van der Waals surface area contributed by atoms with E-state index in [9.17, 15) is 0 Å². The molecular weight excluding hydrogens is 194 g/mol. The third-order valence-corrected chi connectivity index (χ3v) is 2.87. The molecule has 0 spiro atoms. The minimum Gasteiger partial charge on any atom is -0.376 e. The van der Waals surface area contributed by atoms with Crippen LogP contribution in [0.15, 0.2) is 12.3 Å². The first-order chi connectivity index (χ1) is 7.40. The van der Waals surface area contributed by atoms with Crippen LogP contribution in [0.1, 0.15) is 5.69 Å². The van der Waals surface area contributed by atoms with Gasteiger partial charge < -0.3 is 9.47 Å². The van der Waals surface area contributed by atoms with Gasteiger partial charge in [0.25, 0.3) is 0 Å². The van der Waals surface area contributed by atoms with Crippen LogP contribution in [-0.2, 0) is 16.0 Å². The van der Waals surface area contributed by atoms with E-state index in [1.807, 2.05) is 6.07 Å². The van der Waals surface area contributed by atoms with E-state index in [4.69, 9.17) is 9.47 Å². The lowest BCUT2D eigenvalue weighted by molar-refractivity contribution is -0.180. The number of rotatable bonds is 2. The first-order valence-corrected chi connectivity index (χ1v) is 5.34. The Morgan fingerprint density at radius 1 is 1.40 bits per heavy atom. The minimum absolute atomic E-state index is 0.250. The molecule has 2 aliphatic rings. The van der Waals surface area contributed by atoms with Gasteiger partial charge in [0, 0.05) is 31.5 Å². The van der Waals surface area contributed by atoms with Crippen LogP contribution in [-0.4, -0.2) is 53.6 Å². The maximum absolute atomic E-state index is 5.78. The summed E-state index contributed by atoms with van der Waals surface area (Å²) in [5, 5.41) is 6.94. The molecule has 2 fully saturated rings. The van der Waals surface area contributed by atoms with Crippen LogP contribution < -0.4 is 0 Å². The quantitative estimate of drug-likeness (QED) is 0.745. The molecule has 0 aromatic carbocycles. The largest absolute Gasteiger partial charge is 0.376 e. The Bertz CT molecular complexity index is 302. The van der Waals surface area contributed by atoms with Gasteiger partial charge in [-0.15, -0.1) is 0 Å². The maximum Gasteiger partial charge on any atom is 0.0940 e. The van der Waals surface area contributed by atoms with Crippen molar-refractivity contribution in [2.75, 3.05) is 26.3 Å². The number of H-pyrrole nitrogens is 1. The highest BCUT2D eigenvalue weighted by atomic mass is 16.6. The van der Waals surface area contributed by atoms with Crippen LogP contribution in [0.3, 0.4) is 0 Å². The second kappa shape index (κ2) is 3.92. The van der Waals surface area contributed by atoms with Crippen molar-refractivity contribution in [2.45, 2.75) is 18.8 Å². The third kappa shape index (κ3) is 2.04. The molecule has 3 rings (SSSR count). The summed E-state index contributed by atoms with van der Waals surface area (Å²) in [5.41, 5.74) is 1.16. The van der Waals surface area contributed by atoms with Gasteiger partial charge in [-0.25, -0.2) is 0 Å². The lowest BCUT2D eigenvalue weighted by Gasteiger charge is -2.41. The highest BCUT2D eigenvalue weighted by molar-refractivity contribution is 4.98. The van der Waals surface area contributed by atoms with E-state index in [-0.39, 0.29) is 12.2 Å². The molecule has 2 bridgehead atoms. The molecular formula is C10H15N3O2. The molecule has 2 unspecified atom stereocenters. The van der Waals surface area contributed by atoms with Crippen molar-refractivity contribution < 1.29 is 9.47 Å². The Morgan fingerprint density at radius 3 is 2.87 bits per heavy atom. The number of ether oxygens (including phenoxy) is 2. The van der Waals surface area contributed by atoms with Gasteiger partial charge in [0.05, 0.1) is 25.4 Å². The van der Waals surface area contributed by atoms with Gasteiger partial charge in [-0.2, -0.15) is 5.10 Å². The van der Waals surface area contributed by atoms with E-state index in [1.54, 1.807) is 6.20 Å². The fourth-order valence-electron chi connectivity index (χ4n) is 2.27. The average Bonchev–Trinajstić information content (AvgIpc) is 2.70. The zero-order chi connectivity index (χ0) is 10.1. The van der Waals surface area contributed by atoms with Crippen LogP contribution in [0, 0.1) is 0 Å². The number of morpholine rings is 1. The maximum atomic E-state index is 5.78. The third-order valence-electron chi connectivity index (χ3n) is 2.87. The zero-order valence-corrected chi connectivity index (χ0v) is 8.56. The summed E-state index contributed by atoms with van der Waals surface area (Å²) < 4.78 is 11.2. The number of fused-ring (bicyclic) bond motifs is 2. The molecule has 1 aromatic heterocycles. The van der Waals surface area contributed by atoms with Crippen molar-refractivity contribution in [3.63, 3.8) is 0 Å². The van der Waals surface area contributed by atoms with Crippen LogP contribution in [0.5, 0.6) is 0 Å². The molecule has 82 valence electrons. The number of aromatic amines is 1. The van der Waals surface area contributed by atoms with E-state index in [2.05, 4.69) is 15.1 Å². The Balaban J connectivity index is 1.63. The van der Waals surface area contributed by atoms with Crippen LogP contribution in [0.4, 0.5) is 0 Å². The molecule has 0 radical (unpaired) electrons. The first kappa shape index (κ1) is 9.33. The van der Waals surface area contributed by atoms with Gasteiger partial charge in [0.15, 0.2) is 0 Å². The monoisotopic (exact) mass is 209 g/mol. The minimum atomic E-state index is 0.250. The summed E-state index contributed by atoms with van der Waals surface area (Å²) in [6.07, 6.45) is 2.29. The molecule has 15 heavy (non-hydrogen) atoms. The lowest BCUT2D eigenvalue weighted by Crippen LogP contribution is -2.53. The number of nitrogens with zero attached hydrogens (tertiary/aromatic N) is 2. The van der Waals surface area contributed by atoms with Crippen molar-refractivity contribution in [3.05, 3.63) is 18.0 Å². The standard InChI is InChI=1S/C10H15N3O2/c1-2-11-12-8(1)3-13-4-9-6-14-7-10(5-13)15-9/h1-2,9-10H,3-7H2,(H,11,12). The highest BCUT2D eigenvalue weighted by Crippen LogP contribution is 2.18. The molecule has 2 aliphatic heterocycles. The van der Waals surface area contributed by atoms with Gasteiger partial charge >= 0.3 is 0 Å². The summed E-state index contributed by atoms with van der Waals surface area (Å²) in [4.78, 5) is 2.40. The normalized spacial score (nSPS) is 31.7. The Kier molecular flexibility index (Phi) is 2.44. The summed E-state index contributed by atoms with van der Waals surface area (Å²) in [7, 11) is 0. The number of nitrogens with one attached hydrogen (secondary N) is 1. The summed E-state index contributed by atoms with van der Waals surface area (Å²) in [6, 6.07) is 2.02. The van der Waals surface area contributed by atoms with Gasteiger partial charge in [-0.1, -0.05) is 0 Å². The second-order valence-electron chi connectivity index (χ2n) is 4.19. The summed E-state index contributed by atoms with van der Waals surface area (Å²) >= 11 is 0. The van der Waals surface area contributed by atoms with E-state index in [0.29, 0.717) is 0 Å². The van der Waals surface area contributed by atoms with Crippen molar-refractivity contribution in [1.29, 1.82) is 0 Å². The summed E-state index contributed by atoms with van der Waals surface area (Å²) in [5.74, 6) is 0. The molecule has 2 atom stereocenters. The molecule has 2 saturated heterocycles. The average molecular weight is 209 g/mol. The van der Waals surface area contributed by atoms with Crippen molar-refractivity contribution in [2.24, 2.45) is 0 Å². The number of hydrogen-bond acceptors (Lipinski definition) is 4. The van der Waals surface area contributed by atoms with Gasteiger partial charge in [0.2, 0.25) is 0 Å². The molecule has 0 aliphatic carbocycles. The number of hydrogen-bond donors (Lipinski definition) is 1. The smallest absolute Gasteiger partial charge is 0.0940 e. The van der Waals surface area contributed by atoms with Gasteiger partial charge in [-0.05, 0) is 6.07 Å². The Hall–Kier alpha value is -0.910. The Labute approximate surface area is 88.4 Å². The fraction of sp³-hybridized carbons (Fsp3) is 0.700. The SMILES string of the molecule is c1cc(CN2CC3COCC(C2)O3)[nH]n1. The fourth-order valence-corrected chi connectivity index (χ4v) is 2.27. The molecule has 1 N–H and O–H groups in total. The van der Waals surface area contributed by atoms with E-state index >= 15 is 0 Å². The van der Waals surface area contributed by atoms with Crippen LogP contribution >= 0.6 is 0 Å². The molecule has 3 heterocycles. The molecule has 1 aromatic rings. The molecule has 5 nitrogen and oxygen atoms in total. The highest BCUT2D eigenvalue weighted by Gasteiger charge is 2.31. The molecule has 0 saturated carbocycles. The van der Waals surface area contributed by atoms with E-state index in [0.717, 1.165) is 38.5 Å². The number of aromatic nitrogens is 2. The topological polar surface area (TPSA) is 50.4 Å². The molecule has 0 amide bonds. The van der Waals surface area contributed by atoms with Crippen molar-refractivity contribution >= 4 is 0 Å². The van der Waals surface area contributed by atoms with Crippen LogP contribution in [0.25, 0.3) is 0 Å². The van der Waals surface area contributed by atoms with E-state index < -0.39 is 0 Å². The predicted molar refractivity (Wildman–Crippen MR) is 53.3 cm³/mol. The second-order valence-corrected chi connectivity index (χ2v) is 4.19. The van der Waals surface area contributed by atoms with Gasteiger partial charge in [-0.3, -0.25) is 10.00 Å². The predicted octanol–water partition coefficient (Wildman–Crippen LogP) is 0.00930. The van der Waals surface area contributed by atoms with Crippen LogP contribution in [0.2, 0.25) is 0 Å². The summed E-state index contributed by atoms with van der Waals surface area (Å²) in [6.45, 7) is 4.30.